The third-order valence-corrected chi connectivity index (χ3v) is 2.17. The van der Waals surface area contributed by atoms with E-state index in [2.05, 4.69) is 0 Å². The summed E-state index contributed by atoms with van der Waals surface area (Å²) >= 11 is 0. The second-order valence-electron chi connectivity index (χ2n) is 3.41. The Morgan fingerprint density at radius 2 is 2.21 bits per heavy atom. The highest BCUT2D eigenvalue weighted by atomic mass is 16.5. The molecule has 0 saturated heterocycles. The van der Waals surface area contributed by atoms with E-state index in [4.69, 9.17) is 10.5 Å². The van der Waals surface area contributed by atoms with Gasteiger partial charge in [0.1, 0.15) is 5.75 Å². The summed E-state index contributed by atoms with van der Waals surface area (Å²) < 4.78 is 5.22. The zero-order chi connectivity index (χ0) is 10.6. The lowest BCUT2D eigenvalue weighted by molar-refractivity contribution is 0.182. The average Bonchev–Trinajstić information content (AvgIpc) is 2.20. The molecule has 1 unspecified atom stereocenters. The minimum atomic E-state index is -0.494. The highest BCUT2D eigenvalue weighted by molar-refractivity contribution is 5.37. The van der Waals surface area contributed by atoms with Gasteiger partial charge in [-0.2, -0.15) is 0 Å². The molecule has 0 aliphatic heterocycles. The first-order chi connectivity index (χ1) is 6.67. The maximum Gasteiger partial charge on any atom is 0.122 e. The molecule has 0 amide bonds. The second kappa shape index (κ2) is 4.98. The Balaban J connectivity index is 2.85. The number of hydrogen-bond donors (Lipinski definition) is 2. The van der Waals surface area contributed by atoms with Crippen LogP contribution in [0.15, 0.2) is 18.2 Å². The van der Waals surface area contributed by atoms with Crippen molar-refractivity contribution in [1.29, 1.82) is 0 Å². The van der Waals surface area contributed by atoms with Gasteiger partial charge >= 0.3 is 0 Å². The van der Waals surface area contributed by atoms with Crippen molar-refractivity contribution in [3.05, 3.63) is 29.3 Å². The third-order valence-electron chi connectivity index (χ3n) is 2.17. The molecule has 1 aromatic rings. The number of ether oxygens (including phenoxy) is 1. The van der Waals surface area contributed by atoms with Crippen LogP contribution in [0, 0.1) is 6.92 Å². The summed E-state index contributed by atoms with van der Waals surface area (Å²) in [5.41, 5.74) is 7.49. The quantitative estimate of drug-likeness (QED) is 0.749. The maximum atomic E-state index is 9.42. The van der Waals surface area contributed by atoms with E-state index in [1.54, 1.807) is 7.11 Å². The smallest absolute Gasteiger partial charge is 0.122 e. The van der Waals surface area contributed by atoms with Gasteiger partial charge in [0.05, 0.1) is 13.2 Å². The van der Waals surface area contributed by atoms with Crippen LogP contribution in [0.5, 0.6) is 5.75 Å². The van der Waals surface area contributed by atoms with E-state index in [9.17, 15) is 5.11 Å². The lowest BCUT2D eigenvalue weighted by Crippen LogP contribution is -2.22. The number of nitrogens with two attached hydrogens (primary N) is 1. The van der Waals surface area contributed by atoms with Crippen LogP contribution in [-0.2, 0) is 6.42 Å². The molecule has 14 heavy (non-hydrogen) atoms. The normalized spacial score (nSPS) is 12.6. The fourth-order valence-corrected chi connectivity index (χ4v) is 1.36. The highest BCUT2D eigenvalue weighted by Crippen LogP contribution is 2.21. The van der Waals surface area contributed by atoms with Crippen molar-refractivity contribution in [2.45, 2.75) is 19.4 Å². The highest BCUT2D eigenvalue weighted by Gasteiger charge is 2.08. The van der Waals surface area contributed by atoms with Crippen molar-refractivity contribution in [3.63, 3.8) is 0 Å². The zero-order valence-corrected chi connectivity index (χ0v) is 8.66. The van der Waals surface area contributed by atoms with Crippen molar-refractivity contribution in [2.75, 3.05) is 13.7 Å². The molecule has 1 atom stereocenters. The van der Waals surface area contributed by atoms with Crippen molar-refractivity contribution in [3.8, 4) is 5.75 Å². The minimum Gasteiger partial charge on any atom is -0.496 e. The number of methoxy groups -OCH3 is 1. The molecule has 0 heterocycles. The molecule has 3 nitrogen and oxygen atoms in total. The predicted octanol–water partition coefficient (Wildman–Crippen LogP) is 0.866. The standard InChI is InChI=1S/C11H17NO2/c1-8-3-4-9(6-10(13)7-12)11(5-8)14-2/h3-5,10,13H,6-7,12H2,1-2H3. The number of aryl methyl sites for hydroxylation is 1. The van der Waals surface area contributed by atoms with Gasteiger partial charge in [0.2, 0.25) is 0 Å². The predicted molar refractivity (Wildman–Crippen MR) is 56.5 cm³/mol. The molecule has 0 spiro atoms. The van der Waals surface area contributed by atoms with Gasteiger partial charge in [0.15, 0.2) is 0 Å². The Hall–Kier alpha value is -1.06. The van der Waals surface area contributed by atoms with Gasteiger partial charge in [-0.25, -0.2) is 0 Å². The fourth-order valence-electron chi connectivity index (χ4n) is 1.36. The van der Waals surface area contributed by atoms with Gasteiger partial charge in [-0.15, -0.1) is 0 Å². The van der Waals surface area contributed by atoms with E-state index >= 15 is 0 Å². The van der Waals surface area contributed by atoms with Crippen LogP contribution in [0.25, 0.3) is 0 Å². The second-order valence-corrected chi connectivity index (χ2v) is 3.41. The van der Waals surface area contributed by atoms with Gasteiger partial charge in [-0.1, -0.05) is 12.1 Å². The largest absolute Gasteiger partial charge is 0.496 e. The van der Waals surface area contributed by atoms with Crippen LogP contribution >= 0.6 is 0 Å². The minimum absolute atomic E-state index is 0.275. The molecule has 0 saturated carbocycles. The lowest BCUT2D eigenvalue weighted by atomic mass is 10.0. The first-order valence-corrected chi connectivity index (χ1v) is 4.69. The van der Waals surface area contributed by atoms with E-state index in [0.29, 0.717) is 6.42 Å². The molecule has 0 fully saturated rings. The number of benzene rings is 1. The number of rotatable bonds is 4. The van der Waals surface area contributed by atoms with Gasteiger partial charge in [-0.05, 0) is 24.1 Å². The molecule has 0 radical (unpaired) electrons. The van der Waals surface area contributed by atoms with Crippen molar-refractivity contribution >= 4 is 0 Å². The molecule has 1 rings (SSSR count). The van der Waals surface area contributed by atoms with Gasteiger partial charge < -0.3 is 15.6 Å². The summed E-state index contributed by atoms with van der Waals surface area (Å²) in [4.78, 5) is 0. The third kappa shape index (κ3) is 2.72. The summed E-state index contributed by atoms with van der Waals surface area (Å²) in [5.74, 6) is 0.817. The Kier molecular flexibility index (Phi) is 3.92. The number of aliphatic hydroxyl groups is 1. The molecular weight excluding hydrogens is 178 g/mol. The van der Waals surface area contributed by atoms with Crippen LogP contribution in [-0.4, -0.2) is 24.9 Å². The molecule has 78 valence electrons. The maximum absolute atomic E-state index is 9.42. The molecule has 3 N–H and O–H groups in total. The van der Waals surface area contributed by atoms with Crippen LogP contribution in [0.4, 0.5) is 0 Å². The first-order valence-electron chi connectivity index (χ1n) is 4.69. The lowest BCUT2D eigenvalue weighted by Gasteiger charge is -2.12. The summed E-state index contributed by atoms with van der Waals surface area (Å²) in [6, 6.07) is 5.92. The Morgan fingerprint density at radius 1 is 1.50 bits per heavy atom. The molecule has 3 heteroatoms. The summed E-state index contributed by atoms with van der Waals surface area (Å²) in [6.07, 6.45) is 0.0477. The van der Waals surface area contributed by atoms with E-state index in [1.807, 2.05) is 25.1 Å². The van der Waals surface area contributed by atoms with E-state index in [0.717, 1.165) is 16.9 Å². The number of hydrogen-bond acceptors (Lipinski definition) is 3. The van der Waals surface area contributed by atoms with E-state index < -0.39 is 6.10 Å². The van der Waals surface area contributed by atoms with E-state index in [1.165, 1.54) is 0 Å². The first kappa shape index (κ1) is 11.0. The molecular formula is C11H17NO2. The van der Waals surface area contributed by atoms with Gasteiger partial charge in [0.25, 0.3) is 0 Å². The monoisotopic (exact) mass is 195 g/mol. The molecule has 0 aliphatic rings. The summed E-state index contributed by atoms with van der Waals surface area (Å²) in [7, 11) is 1.63. The summed E-state index contributed by atoms with van der Waals surface area (Å²) in [5, 5.41) is 9.42. The van der Waals surface area contributed by atoms with E-state index in [-0.39, 0.29) is 6.54 Å². The SMILES string of the molecule is COc1cc(C)ccc1CC(O)CN. The van der Waals surface area contributed by atoms with Gasteiger partial charge in [0, 0.05) is 13.0 Å². The van der Waals surface area contributed by atoms with Crippen molar-refractivity contribution in [2.24, 2.45) is 5.73 Å². The van der Waals surface area contributed by atoms with Crippen LogP contribution < -0.4 is 10.5 Å². The van der Waals surface area contributed by atoms with Crippen LogP contribution in [0.2, 0.25) is 0 Å². The van der Waals surface area contributed by atoms with Crippen molar-refractivity contribution < 1.29 is 9.84 Å². The summed E-state index contributed by atoms with van der Waals surface area (Å²) in [6.45, 7) is 2.28. The Morgan fingerprint density at radius 3 is 2.79 bits per heavy atom. The van der Waals surface area contributed by atoms with Gasteiger partial charge in [-0.3, -0.25) is 0 Å². The fraction of sp³-hybridized carbons (Fsp3) is 0.455. The number of aliphatic hydroxyl groups excluding tert-OH is 1. The Bertz CT molecular complexity index is 299. The Labute approximate surface area is 84.5 Å². The zero-order valence-electron chi connectivity index (χ0n) is 8.66. The van der Waals surface area contributed by atoms with Crippen molar-refractivity contribution in [1.82, 2.24) is 0 Å². The average molecular weight is 195 g/mol. The molecule has 0 bridgehead atoms. The van der Waals surface area contributed by atoms with Crippen LogP contribution in [0.1, 0.15) is 11.1 Å². The molecule has 0 aromatic heterocycles. The topological polar surface area (TPSA) is 55.5 Å². The van der Waals surface area contributed by atoms with Crippen LogP contribution in [0.3, 0.4) is 0 Å². The molecule has 1 aromatic carbocycles. The molecule has 0 aliphatic carbocycles.